The fraction of sp³-hybridized carbons (Fsp3) is 0.176. The summed E-state index contributed by atoms with van der Waals surface area (Å²) in [5, 5.41) is 8.68. The van der Waals surface area contributed by atoms with Crippen LogP contribution in [0.15, 0.2) is 30.7 Å². The monoisotopic (exact) mass is 339 g/mol. The maximum absolute atomic E-state index is 6.42. The van der Waals surface area contributed by atoms with Crippen LogP contribution in [0.3, 0.4) is 0 Å². The van der Waals surface area contributed by atoms with Gasteiger partial charge in [0.2, 0.25) is 0 Å². The predicted octanol–water partition coefficient (Wildman–Crippen LogP) is 3.62. The third-order valence-electron chi connectivity index (χ3n) is 4.06. The highest BCUT2D eigenvalue weighted by atomic mass is 35.5. The van der Waals surface area contributed by atoms with Crippen LogP contribution in [0.4, 0.5) is 0 Å². The van der Waals surface area contributed by atoms with Gasteiger partial charge in [-0.15, -0.1) is 10.2 Å². The molecule has 0 N–H and O–H groups in total. The van der Waals surface area contributed by atoms with E-state index < -0.39 is 0 Å². The van der Waals surface area contributed by atoms with Crippen LogP contribution in [-0.2, 0) is 0 Å². The summed E-state index contributed by atoms with van der Waals surface area (Å²) in [6.45, 7) is 3.89. The van der Waals surface area contributed by atoms with Gasteiger partial charge >= 0.3 is 0 Å². The van der Waals surface area contributed by atoms with Gasteiger partial charge in [0, 0.05) is 22.3 Å². The van der Waals surface area contributed by atoms with Crippen LogP contribution in [0.2, 0.25) is 5.02 Å². The van der Waals surface area contributed by atoms with Crippen LogP contribution in [0.1, 0.15) is 11.3 Å². The van der Waals surface area contributed by atoms with Gasteiger partial charge in [-0.25, -0.2) is 9.97 Å². The van der Waals surface area contributed by atoms with Crippen LogP contribution in [0.5, 0.6) is 5.75 Å². The smallest absolute Gasteiger partial charge is 0.183 e. The molecule has 3 aromatic heterocycles. The van der Waals surface area contributed by atoms with Crippen molar-refractivity contribution in [3.05, 3.63) is 47.0 Å². The van der Waals surface area contributed by atoms with Gasteiger partial charge in [-0.1, -0.05) is 23.7 Å². The topological polar surface area (TPSA) is 65.2 Å². The van der Waals surface area contributed by atoms with Crippen molar-refractivity contribution in [3.63, 3.8) is 0 Å². The Morgan fingerprint density at radius 1 is 1.17 bits per heavy atom. The number of aromatic nitrogens is 5. The molecule has 0 radical (unpaired) electrons. The number of fused-ring (bicyclic) bond motifs is 3. The molecule has 0 saturated heterocycles. The second kappa shape index (κ2) is 5.42. The Balaban J connectivity index is 2.14. The van der Waals surface area contributed by atoms with Gasteiger partial charge in [0.1, 0.15) is 11.8 Å². The summed E-state index contributed by atoms with van der Waals surface area (Å²) >= 11 is 6.42. The average molecular weight is 340 g/mol. The second-order valence-electron chi connectivity index (χ2n) is 5.53. The molecule has 0 bridgehead atoms. The number of methoxy groups -OCH3 is 1. The number of halogens is 1. The Labute approximate surface area is 143 Å². The highest BCUT2D eigenvalue weighted by molar-refractivity contribution is 6.33. The van der Waals surface area contributed by atoms with Gasteiger partial charge in [-0.2, -0.15) is 0 Å². The molecule has 0 fully saturated rings. The van der Waals surface area contributed by atoms with Gasteiger partial charge in [-0.05, 0) is 25.5 Å². The first-order valence-corrected chi connectivity index (χ1v) is 7.78. The minimum absolute atomic E-state index is 0.634. The number of rotatable bonds is 2. The van der Waals surface area contributed by atoms with Crippen molar-refractivity contribution in [1.82, 2.24) is 24.6 Å². The molecule has 120 valence electrons. The zero-order valence-electron chi connectivity index (χ0n) is 13.4. The largest absolute Gasteiger partial charge is 0.494 e. The van der Waals surface area contributed by atoms with Crippen LogP contribution < -0.4 is 4.74 Å². The molecular formula is C17H14ClN5O. The minimum Gasteiger partial charge on any atom is -0.494 e. The van der Waals surface area contributed by atoms with Gasteiger partial charge in [0.25, 0.3) is 0 Å². The first kappa shape index (κ1) is 14.8. The molecule has 0 aliphatic rings. The van der Waals surface area contributed by atoms with E-state index in [2.05, 4.69) is 20.2 Å². The number of hydrogen-bond acceptors (Lipinski definition) is 5. The third-order valence-corrected chi connectivity index (χ3v) is 4.38. The van der Waals surface area contributed by atoms with Crippen LogP contribution in [0, 0.1) is 13.8 Å². The fourth-order valence-electron chi connectivity index (χ4n) is 2.96. The Bertz CT molecular complexity index is 1070. The summed E-state index contributed by atoms with van der Waals surface area (Å²) in [7, 11) is 1.62. The van der Waals surface area contributed by atoms with Crippen LogP contribution >= 0.6 is 11.6 Å². The zero-order chi connectivity index (χ0) is 16.8. The van der Waals surface area contributed by atoms with E-state index in [1.807, 2.05) is 36.4 Å². The Morgan fingerprint density at radius 2 is 2.00 bits per heavy atom. The minimum atomic E-state index is 0.634. The highest BCUT2D eigenvalue weighted by Gasteiger charge is 2.19. The van der Waals surface area contributed by atoms with E-state index in [-0.39, 0.29) is 0 Å². The molecule has 1 aromatic carbocycles. The Kier molecular flexibility index (Phi) is 3.35. The first-order chi connectivity index (χ1) is 11.6. The normalized spacial score (nSPS) is 11.3. The molecule has 4 rings (SSSR count). The molecule has 7 heteroatoms. The number of aryl methyl sites for hydroxylation is 2. The standard InChI is InChI=1S/C17H14ClN5O/c1-9-5-4-6-12(18)13(9)11-7-19-17-14(15(11)24-3)21-10(2)16-22-20-8-23(16)17/h4-8H,1-3H3. The molecular weight excluding hydrogens is 326 g/mol. The summed E-state index contributed by atoms with van der Waals surface area (Å²) in [6, 6.07) is 5.78. The lowest BCUT2D eigenvalue weighted by Gasteiger charge is -2.14. The lowest BCUT2D eigenvalue weighted by Crippen LogP contribution is -2.01. The predicted molar refractivity (Wildman–Crippen MR) is 92.6 cm³/mol. The molecule has 0 saturated carbocycles. The van der Waals surface area contributed by atoms with E-state index in [1.165, 1.54) is 0 Å². The zero-order valence-corrected chi connectivity index (χ0v) is 14.2. The highest BCUT2D eigenvalue weighted by Crippen LogP contribution is 2.39. The fourth-order valence-corrected chi connectivity index (χ4v) is 3.29. The van der Waals surface area contributed by atoms with Crippen LogP contribution in [0.25, 0.3) is 27.9 Å². The Hall–Kier alpha value is -2.73. The molecule has 0 aliphatic carbocycles. The van der Waals surface area contributed by atoms with Crippen molar-refractivity contribution in [3.8, 4) is 16.9 Å². The third kappa shape index (κ3) is 2.03. The molecule has 24 heavy (non-hydrogen) atoms. The van der Waals surface area contributed by atoms with E-state index >= 15 is 0 Å². The molecule has 4 aromatic rings. The molecule has 6 nitrogen and oxygen atoms in total. The number of nitrogens with zero attached hydrogens (tertiary/aromatic N) is 5. The molecule has 0 amide bonds. The number of pyridine rings is 1. The number of ether oxygens (including phenoxy) is 1. The first-order valence-electron chi connectivity index (χ1n) is 7.40. The summed E-state index contributed by atoms with van der Waals surface area (Å²) in [5.41, 5.74) is 5.49. The van der Waals surface area contributed by atoms with E-state index in [0.29, 0.717) is 27.6 Å². The van der Waals surface area contributed by atoms with Crippen LogP contribution in [-0.4, -0.2) is 31.7 Å². The lowest BCUT2D eigenvalue weighted by atomic mass is 10.0. The Morgan fingerprint density at radius 3 is 2.75 bits per heavy atom. The quantitative estimate of drug-likeness (QED) is 0.558. The van der Waals surface area contributed by atoms with Crippen molar-refractivity contribution in [2.45, 2.75) is 13.8 Å². The van der Waals surface area contributed by atoms with Gasteiger partial charge in [0.05, 0.1) is 12.8 Å². The van der Waals surface area contributed by atoms with E-state index in [0.717, 1.165) is 22.4 Å². The molecule has 3 heterocycles. The lowest BCUT2D eigenvalue weighted by molar-refractivity contribution is 0.420. The SMILES string of the molecule is COc1c(-c2c(C)cccc2Cl)cnc2c1nc(C)c1nncn12. The summed E-state index contributed by atoms with van der Waals surface area (Å²) < 4.78 is 7.50. The van der Waals surface area contributed by atoms with Gasteiger partial charge in [-0.3, -0.25) is 4.40 Å². The average Bonchev–Trinajstić information content (AvgIpc) is 3.05. The van der Waals surface area contributed by atoms with E-state index in [4.69, 9.17) is 16.3 Å². The van der Waals surface area contributed by atoms with Crippen molar-refractivity contribution in [1.29, 1.82) is 0 Å². The molecule has 0 atom stereocenters. The van der Waals surface area contributed by atoms with Crippen molar-refractivity contribution in [2.75, 3.05) is 7.11 Å². The summed E-state index contributed by atoms with van der Waals surface area (Å²) in [5.74, 6) is 0.634. The van der Waals surface area contributed by atoms with Crippen molar-refractivity contribution < 1.29 is 4.74 Å². The van der Waals surface area contributed by atoms with E-state index in [1.54, 1.807) is 19.6 Å². The summed E-state index contributed by atoms with van der Waals surface area (Å²) in [6.07, 6.45) is 3.38. The summed E-state index contributed by atoms with van der Waals surface area (Å²) in [4.78, 5) is 9.21. The van der Waals surface area contributed by atoms with Gasteiger partial charge in [0.15, 0.2) is 17.0 Å². The molecule has 0 unspecified atom stereocenters. The second-order valence-corrected chi connectivity index (χ2v) is 5.94. The van der Waals surface area contributed by atoms with Crippen molar-refractivity contribution >= 4 is 28.4 Å². The number of benzene rings is 1. The van der Waals surface area contributed by atoms with Crippen molar-refractivity contribution in [2.24, 2.45) is 0 Å². The van der Waals surface area contributed by atoms with E-state index in [9.17, 15) is 0 Å². The maximum Gasteiger partial charge on any atom is 0.183 e. The number of hydrogen-bond donors (Lipinski definition) is 0. The molecule has 0 spiro atoms. The molecule has 0 aliphatic heterocycles. The maximum atomic E-state index is 6.42. The van der Waals surface area contributed by atoms with Gasteiger partial charge < -0.3 is 4.74 Å².